The highest BCUT2D eigenvalue weighted by Gasteiger charge is 2.37. The molecule has 0 aromatic heterocycles. The lowest BCUT2D eigenvalue weighted by Gasteiger charge is -2.16. The molecule has 2 amide bonds. The van der Waals surface area contributed by atoms with Gasteiger partial charge in [0, 0.05) is 5.70 Å². The van der Waals surface area contributed by atoms with Crippen LogP contribution >= 0.6 is 0 Å². The number of nitriles is 1. The molecule has 0 fully saturated rings. The molecule has 1 aliphatic rings. The number of imide groups is 1. The highest BCUT2D eigenvalue weighted by atomic mass is 16.5. The van der Waals surface area contributed by atoms with E-state index in [9.17, 15) is 19.2 Å². The monoisotopic (exact) mass is 403 g/mol. The standard InChI is InChI=1S/C22H17N3O5/c1-12-5-3-4-6-18(12)25-20(27)15-8-7-14(9-16(15)21(25)28)22(29)30-11-19(26)17(10-23)13(2)24/h3-9H,11,24H2,1-2H3/b17-13-. The van der Waals surface area contributed by atoms with Crippen LogP contribution in [0.25, 0.3) is 0 Å². The molecule has 8 heteroatoms. The van der Waals surface area contributed by atoms with Gasteiger partial charge in [0.05, 0.1) is 22.4 Å². The average Bonchev–Trinajstić information content (AvgIpc) is 2.96. The lowest BCUT2D eigenvalue weighted by Crippen LogP contribution is -2.29. The molecule has 3 rings (SSSR count). The summed E-state index contributed by atoms with van der Waals surface area (Å²) in [5, 5.41) is 8.92. The van der Waals surface area contributed by atoms with Crippen molar-refractivity contribution in [2.45, 2.75) is 13.8 Å². The van der Waals surface area contributed by atoms with E-state index in [-0.39, 0.29) is 28.0 Å². The fourth-order valence-electron chi connectivity index (χ4n) is 3.06. The van der Waals surface area contributed by atoms with E-state index < -0.39 is 30.2 Å². The van der Waals surface area contributed by atoms with E-state index in [4.69, 9.17) is 15.7 Å². The largest absolute Gasteiger partial charge is 0.454 e. The molecule has 8 nitrogen and oxygen atoms in total. The minimum Gasteiger partial charge on any atom is -0.454 e. The normalized spacial score (nSPS) is 13.4. The van der Waals surface area contributed by atoms with E-state index in [1.165, 1.54) is 25.1 Å². The van der Waals surface area contributed by atoms with Gasteiger partial charge in [-0.3, -0.25) is 14.4 Å². The number of anilines is 1. The predicted molar refractivity (Wildman–Crippen MR) is 107 cm³/mol. The van der Waals surface area contributed by atoms with Crippen LogP contribution in [0.15, 0.2) is 53.7 Å². The van der Waals surface area contributed by atoms with E-state index in [0.29, 0.717) is 5.69 Å². The van der Waals surface area contributed by atoms with Crippen molar-refractivity contribution < 1.29 is 23.9 Å². The van der Waals surface area contributed by atoms with Crippen molar-refractivity contribution in [2.24, 2.45) is 5.73 Å². The highest BCUT2D eigenvalue weighted by molar-refractivity contribution is 6.35. The van der Waals surface area contributed by atoms with E-state index in [2.05, 4.69) is 0 Å². The van der Waals surface area contributed by atoms with Gasteiger partial charge in [0.25, 0.3) is 11.8 Å². The molecule has 150 valence electrons. The van der Waals surface area contributed by atoms with Crippen LogP contribution in [0.2, 0.25) is 0 Å². The van der Waals surface area contributed by atoms with Gasteiger partial charge in [-0.15, -0.1) is 0 Å². The molecule has 0 bridgehead atoms. The predicted octanol–water partition coefficient (Wildman–Crippen LogP) is 2.28. The van der Waals surface area contributed by atoms with Gasteiger partial charge in [-0.05, 0) is 43.7 Å². The van der Waals surface area contributed by atoms with E-state index in [1.54, 1.807) is 37.3 Å². The number of Topliss-reactive ketones (excluding diaryl/α,β-unsaturated/α-hetero) is 1. The Bertz CT molecular complexity index is 1170. The number of esters is 1. The van der Waals surface area contributed by atoms with Crippen LogP contribution in [0.4, 0.5) is 5.69 Å². The molecule has 2 N–H and O–H groups in total. The molecule has 0 aliphatic carbocycles. The van der Waals surface area contributed by atoms with Crippen molar-refractivity contribution in [3.05, 3.63) is 76.0 Å². The van der Waals surface area contributed by atoms with Crippen molar-refractivity contribution in [3.8, 4) is 6.07 Å². The lowest BCUT2D eigenvalue weighted by molar-refractivity contribution is -0.118. The molecule has 1 aliphatic heterocycles. The molecule has 0 saturated carbocycles. The molecule has 0 unspecified atom stereocenters. The smallest absolute Gasteiger partial charge is 0.338 e. The first-order valence-electron chi connectivity index (χ1n) is 8.91. The van der Waals surface area contributed by atoms with Gasteiger partial charge >= 0.3 is 5.97 Å². The zero-order valence-electron chi connectivity index (χ0n) is 16.3. The minimum absolute atomic E-state index is 0.00120. The Morgan fingerprint density at radius 3 is 2.40 bits per heavy atom. The summed E-state index contributed by atoms with van der Waals surface area (Å²) >= 11 is 0. The van der Waals surface area contributed by atoms with Gasteiger partial charge in [0.15, 0.2) is 6.61 Å². The number of allylic oxidation sites excluding steroid dienone is 1. The number of benzene rings is 2. The molecular formula is C22H17N3O5. The number of carbonyl (C=O) groups excluding carboxylic acids is 4. The third kappa shape index (κ3) is 3.56. The molecule has 2 aromatic rings. The first-order valence-corrected chi connectivity index (χ1v) is 8.91. The molecule has 0 radical (unpaired) electrons. The van der Waals surface area contributed by atoms with Crippen molar-refractivity contribution in [2.75, 3.05) is 11.5 Å². The Hall–Kier alpha value is -4.25. The number of aryl methyl sites for hydroxylation is 1. The minimum atomic E-state index is -0.868. The maximum Gasteiger partial charge on any atom is 0.338 e. The van der Waals surface area contributed by atoms with Crippen molar-refractivity contribution in [1.82, 2.24) is 0 Å². The number of para-hydroxylation sites is 1. The van der Waals surface area contributed by atoms with Crippen LogP contribution in [0, 0.1) is 18.3 Å². The number of hydrogen-bond donors (Lipinski definition) is 1. The summed E-state index contributed by atoms with van der Waals surface area (Å²) in [7, 11) is 0. The summed E-state index contributed by atoms with van der Waals surface area (Å²) in [6.07, 6.45) is 0. The molecule has 2 aromatic carbocycles. The van der Waals surface area contributed by atoms with Crippen LogP contribution in [0.1, 0.15) is 43.6 Å². The first-order chi connectivity index (χ1) is 14.3. The van der Waals surface area contributed by atoms with E-state index in [0.717, 1.165) is 10.5 Å². The summed E-state index contributed by atoms with van der Waals surface area (Å²) < 4.78 is 4.94. The van der Waals surface area contributed by atoms with Gasteiger partial charge in [-0.2, -0.15) is 5.26 Å². The van der Waals surface area contributed by atoms with Crippen molar-refractivity contribution in [3.63, 3.8) is 0 Å². The van der Waals surface area contributed by atoms with Crippen LogP contribution in [0.3, 0.4) is 0 Å². The summed E-state index contributed by atoms with van der Waals surface area (Å²) in [5.41, 5.74) is 6.64. The molecule has 0 atom stereocenters. The van der Waals surface area contributed by atoms with Gasteiger partial charge < -0.3 is 10.5 Å². The molecule has 30 heavy (non-hydrogen) atoms. The third-order valence-electron chi connectivity index (χ3n) is 4.60. The van der Waals surface area contributed by atoms with Gasteiger partial charge in [0.1, 0.15) is 11.6 Å². The Labute approximate surface area is 172 Å². The topological polar surface area (TPSA) is 131 Å². The van der Waals surface area contributed by atoms with Gasteiger partial charge in [0.2, 0.25) is 5.78 Å². The summed E-state index contributed by atoms with van der Waals surface area (Å²) in [6, 6.07) is 12.6. The Morgan fingerprint density at radius 1 is 1.10 bits per heavy atom. The molecule has 0 saturated heterocycles. The second kappa shape index (κ2) is 8.01. The van der Waals surface area contributed by atoms with E-state index in [1.807, 2.05) is 0 Å². The third-order valence-corrected chi connectivity index (χ3v) is 4.60. The Morgan fingerprint density at radius 2 is 1.77 bits per heavy atom. The Kier molecular flexibility index (Phi) is 5.47. The number of nitrogens with zero attached hydrogens (tertiary/aromatic N) is 2. The first kappa shape index (κ1) is 20.5. The number of carbonyl (C=O) groups is 4. The fourth-order valence-corrected chi connectivity index (χ4v) is 3.06. The fraction of sp³-hybridized carbons (Fsp3) is 0.136. The van der Waals surface area contributed by atoms with Crippen LogP contribution in [0.5, 0.6) is 0 Å². The number of ketones is 1. The van der Waals surface area contributed by atoms with Crippen LogP contribution in [-0.4, -0.2) is 30.2 Å². The number of fused-ring (bicyclic) bond motifs is 1. The molecular weight excluding hydrogens is 386 g/mol. The zero-order chi connectivity index (χ0) is 22.0. The number of nitrogens with two attached hydrogens (primary N) is 1. The maximum atomic E-state index is 12.8. The highest BCUT2D eigenvalue weighted by Crippen LogP contribution is 2.31. The number of rotatable bonds is 5. The SMILES string of the molecule is C/C(N)=C(\C#N)C(=O)COC(=O)c1ccc2c(c1)C(=O)N(c1ccccc1C)C2=O. The van der Waals surface area contributed by atoms with Crippen LogP contribution in [-0.2, 0) is 9.53 Å². The molecule has 1 heterocycles. The second-order valence-electron chi connectivity index (χ2n) is 6.66. The van der Waals surface area contributed by atoms with Crippen molar-refractivity contribution in [1.29, 1.82) is 5.26 Å². The van der Waals surface area contributed by atoms with E-state index >= 15 is 0 Å². The maximum absolute atomic E-state index is 12.8. The number of hydrogen-bond acceptors (Lipinski definition) is 7. The van der Waals surface area contributed by atoms with Gasteiger partial charge in [-0.25, -0.2) is 9.69 Å². The second-order valence-corrected chi connectivity index (χ2v) is 6.66. The average molecular weight is 403 g/mol. The molecule has 0 spiro atoms. The quantitative estimate of drug-likeness (QED) is 0.351. The lowest BCUT2D eigenvalue weighted by atomic mass is 10.1. The Balaban J connectivity index is 1.82. The van der Waals surface area contributed by atoms with Crippen molar-refractivity contribution >= 4 is 29.3 Å². The van der Waals surface area contributed by atoms with Crippen LogP contribution < -0.4 is 10.6 Å². The summed E-state index contributed by atoms with van der Waals surface area (Å²) in [6.45, 7) is 2.50. The summed E-state index contributed by atoms with van der Waals surface area (Å²) in [5.74, 6) is -2.64. The number of amides is 2. The summed E-state index contributed by atoms with van der Waals surface area (Å²) in [4.78, 5) is 50.9. The number of ether oxygens (including phenoxy) is 1. The van der Waals surface area contributed by atoms with Gasteiger partial charge in [-0.1, -0.05) is 18.2 Å². The zero-order valence-corrected chi connectivity index (χ0v) is 16.3.